The minimum absolute atomic E-state index is 0.514. The number of aromatic nitrogens is 2. The molecule has 1 aliphatic heterocycles. The van der Waals surface area contributed by atoms with E-state index in [9.17, 15) is 0 Å². The molecule has 0 amide bonds. The molecule has 0 radical (unpaired) electrons. The minimum Gasteiger partial charge on any atom is -0.497 e. The van der Waals surface area contributed by atoms with Crippen molar-refractivity contribution in [2.75, 3.05) is 57.5 Å². The lowest BCUT2D eigenvalue weighted by Crippen LogP contribution is -2.41. The predicted octanol–water partition coefficient (Wildman–Crippen LogP) is 2.13. The van der Waals surface area contributed by atoms with Gasteiger partial charge in [0.1, 0.15) is 11.6 Å². The number of anilines is 2. The van der Waals surface area contributed by atoms with E-state index in [2.05, 4.69) is 37.4 Å². The van der Waals surface area contributed by atoms with Crippen molar-refractivity contribution < 1.29 is 4.74 Å². The normalized spacial score (nSPS) is 15.0. The fraction of sp³-hybridized carbons (Fsp3) is 0.474. The third-order valence-electron chi connectivity index (χ3n) is 4.07. The molecule has 0 aliphatic carbocycles. The Morgan fingerprint density at radius 2 is 2.15 bits per heavy atom. The number of rotatable bonds is 11. The maximum absolute atomic E-state index is 5.38. The first-order valence-electron chi connectivity index (χ1n) is 8.95. The molecule has 0 bridgehead atoms. The van der Waals surface area contributed by atoms with E-state index in [-0.39, 0.29) is 0 Å². The Hall–Kier alpha value is -2.38. The number of hydrogen-bond donors (Lipinski definition) is 3. The Balaban J connectivity index is 1.78. The average molecular weight is 358 g/mol. The van der Waals surface area contributed by atoms with Gasteiger partial charge in [-0.2, -0.15) is 4.98 Å². The highest BCUT2D eigenvalue weighted by Gasteiger charge is 2.11. The molecule has 1 aliphatic rings. The van der Waals surface area contributed by atoms with Gasteiger partial charge in [-0.05, 0) is 44.7 Å². The zero-order valence-electron chi connectivity index (χ0n) is 16.0. The van der Waals surface area contributed by atoms with Gasteiger partial charge in [-0.15, -0.1) is 0 Å². The summed E-state index contributed by atoms with van der Waals surface area (Å²) in [6.07, 6.45) is 7.07. The van der Waals surface area contributed by atoms with Crippen LogP contribution in [0.2, 0.25) is 0 Å². The lowest BCUT2D eigenvalue weighted by atomic mass is 10.2. The van der Waals surface area contributed by atoms with Crippen molar-refractivity contribution in [2.24, 2.45) is 0 Å². The summed E-state index contributed by atoms with van der Waals surface area (Å²) in [7, 11) is 3.49. The van der Waals surface area contributed by atoms with Crippen LogP contribution in [0, 0.1) is 6.92 Å². The van der Waals surface area contributed by atoms with Gasteiger partial charge in [-0.1, -0.05) is 6.58 Å². The molecule has 26 heavy (non-hydrogen) atoms. The molecule has 1 aromatic heterocycles. The topological polar surface area (TPSA) is 74.3 Å². The van der Waals surface area contributed by atoms with Gasteiger partial charge < -0.3 is 25.6 Å². The highest BCUT2D eigenvalue weighted by molar-refractivity contribution is 5.46. The minimum atomic E-state index is 0.514. The van der Waals surface area contributed by atoms with Crippen molar-refractivity contribution in [2.45, 2.75) is 13.3 Å². The summed E-state index contributed by atoms with van der Waals surface area (Å²) in [6.45, 7) is 11.2. The van der Waals surface area contributed by atoms with Crippen LogP contribution in [0.15, 0.2) is 42.3 Å². The maximum Gasteiger partial charge on any atom is 0.229 e. The molecule has 7 heteroatoms. The molecule has 1 fully saturated rings. The fourth-order valence-electron chi connectivity index (χ4n) is 2.46. The van der Waals surface area contributed by atoms with Crippen LogP contribution in [-0.2, 0) is 4.74 Å². The molecule has 7 nitrogen and oxygen atoms in total. The van der Waals surface area contributed by atoms with Crippen molar-refractivity contribution in [3.8, 4) is 0 Å². The molecular weight excluding hydrogens is 328 g/mol. The number of likely N-dealkylation sites (tertiary alicyclic amines) is 1. The second-order valence-electron chi connectivity index (χ2n) is 6.16. The molecule has 1 saturated heterocycles. The van der Waals surface area contributed by atoms with Crippen LogP contribution in [0.1, 0.15) is 12.1 Å². The van der Waals surface area contributed by atoms with Crippen LogP contribution in [0.5, 0.6) is 0 Å². The van der Waals surface area contributed by atoms with Crippen LogP contribution < -0.4 is 16.0 Å². The number of allylic oxidation sites excluding steroid dienone is 2. The van der Waals surface area contributed by atoms with E-state index in [1.165, 1.54) is 19.5 Å². The Bertz CT molecular complexity index is 651. The first-order valence-corrected chi connectivity index (χ1v) is 8.95. The van der Waals surface area contributed by atoms with Gasteiger partial charge in [0, 0.05) is 44.1 Å². The number of ether oxygens (including phenoxy) is 1. The Morgan fingerprint density at radius 3 is 2.81 bits per heavy atom. The van der Waals surface area contributed by atoms with Gasteiger partial charge in [-0.3, -0.25) is 0 Å². The molecule has 0 spiro atoms. The quantitative estimate of drug-likeness (QED) is 0.318. The molecule has 0 aromatic carbocycles. The largest absolute Gasteiger partial charge is 0.497 e. The summed E-state index contributed by atoms with van der Waals surface area (Å²) in [5, 5.41) is 9.50. The van der Waals surface area contributed by atoms with Gasteiger partial charge in [0.2, 0.25) is 5.95 Å². The molecule has 0 saturated carbocycles. The van der Waals surface area contributed by atoms with E-state index in [0.29, 0.717) is 11.6 Å². The summed E-state index contributed by atoms with van der Waals surface area (Å²) in [5.41, 5.74) is 1.57. The standard InChI is InChI=1S/C19H30N6O/c1-15(22-19-23-16(2)14-18(20-3)24-19)6-7-17(26-4)8-9-21-10-13-25-11-5-12-25/h6-8,14,21H,1,5,9-13H2,2-4H3,(H2,20,22,23,24)/b7-6-,17-8-. The molecule has 2 rings (SSSR count). The third-order valence-corrected chi connectivity index (χ3v) is 4.07. The fourth-order valence-corrected chi connectivity index (χ4v) is 2.46. The first kappa shape index (κ1) is 19.9. The number of aryl methyl sites for hydroxylation is 1. The van der Waals surface area contributed by atoms with Crippen LogP contribution in [0.4, 0.5) is 11.8 Å². The van der Waals surface area contributed by atoms with Crippen molar-refractivity contribution in [3.05, 3.63) is 48.0 Å². The van der Waals surface area contributed by atoms with E-state index in [4.69, 9.17) is 4.74 Å². The second kappa shape index (κ2) is 10.6. The van der Waals surface area contributed by atoms with Gasteiger partial charge in [0.25, 0.3) is 0 Å². The van der Waals surface area contributed by atoms with E-state index in [0.717, 1.165) is 36.9 Å². The lowest BCUT2D eigenvalue weighted by Gasteiger charge is -2.30. The molecule has 2 heterocycles. The van der Waals surface area contributed by atoms with Gasteiger partial charge >= 0.3 is 0 Å². The first-order chi connectivity index (χ1) is 12.6. The van der Waals surface area contributed by atoms with Crippen molar-refractivity contribution >= 4 is 11.8 Å². The summed E-state index contributed by atoms with van der Waals surface area (Å²) in [5.74, 6) is 2.06. The molecule has 1 aromatic rings. The Morgan fingerprint density at radius 1 is 1.35 bits per heavy atom. The van der Waals surface area contributed by atoms with E-state index in [1.54, 1.807) is 7.11 Å². The lowest BCUT2D eigenvalue weighted by molar-refractivity contribution is 0.183. The van der Waals surface area contributed by atoms with E-state index >= 15 is 0 Å². The van der Waals surface area contributed by atoms with Gasteiger partial charge in [-0.25, -0.2) is 4.98 Å². The highest BCUT2D eigenvalue weighted by atomic mass is 16.5. The molecule has 0 unspecified atom stereocenters. The molecule has 142 valence electrons. The summed E-state index contributed by atoms with van der Waals surface area (Å²) >= 11 is 0. The smallest absolute Gasteiger partial charge is 0.229 e. The van der Waals surface area contributed by atoms with Crippen LogP contribution in [0.25, 0.3) is 0 Å². The molecule has 3 N–H and O–H groups in total. The summed E-state index contributed by atoms with van der Waals surface area (Å²) in [4.78, 5) is 11.1. The van der Waals surface area contributed by atoms with Gasteiger partial charge in [0.05, 0.1) is 7.11 Å². The average Bonchev–Trinajstić information content (AvgIpc) is 2.58. The number of nitrogens with one attached hydrogen (secondary N) is 3. The van der Waals surface area contributed by atoms with Crippen molar-refractivity contribution in [1.82, 2.24) is 20.2 Å². The number of hydrogen-bond acceptors (Lipinski definition) is 7. The number of methoxy groups -OCH3 is 1. The van der Waals surface area contributed by atoms with Crippen LogP contribution in [-0.4, -0.2) is 61.7 Å². The van der Waals surface area contributed by atoms with E-state index < -0.39 is 0 Å². The second-order valence-corrected chi connectivity index (χ2v) is 6.16. The van der Waals surface area contributed by atoms with Crippen LogP contribution in [0.3, 0.4) is 0 Å². The van der Waals surface area contributed by atoms with Crippen LogP contribution >= 0.6 is 0 Å². The predicted molar refractivity (Wildman–Crippen MR) is 107 cm³/mol. The monoisotopic (exact) mass is 358 g/mol. The number of nitrogens with zero attached hydrogens (tertiary/aromatic N) is 3. The molecular formula is C19H30N6O. The Labute approximate surface area is 156 Å². The zero-order chi connectivity index (χ0) is 18.8. The zero-order valence-corrected chi connectivity index (χ0v) is 16.0. The van der Waals surface area contributed by atoms with Gasteiger partial charge in [0.15, 0.2) is 0 Å². The SMILES string of the molecule is C=C(/C=C\C(=C\CNCCN1CCC1)OC)Nc1nc(C)cc(NC)n1. The molecule has 0 atom stereocenters. The summed E-state index contributed by atoms with van der Waals surface area (Å²) in [6, 6.07) is 1.88. The summed E-state index contributed by atoms with van der Waals surface area (Å²) < 4.78 is 5.38. The maximum atomic E-state index is 5.38. The third kappa shape index (κ3) is 6.85. The van der Waals surface area contributed by atoms with E-state index in [1.807, 2.05) is 38.3 Å². The highest BCUT2D eigenvalue weighted by Crippen LogP contribution is 2.11. The van der Waals surface area contributed by atoms with Crippen molar-refractivity contribution in [1.29, 1.82) is 0 Å². The van der Waals surface area contributed by atoms with Crippen molar-refractivity contribution in [3.63, 3.8) is 0 Å². The Kier molecular flexibility index (Phi) is 8.11.